The van der Waals surface area contributed by atoms with Crippen LogP contribution in [0.2, 0.25) is 0 Å². The van der Waals surface area contributed by atoms with Gasteiger partial charge < -0.3 is 9.84 Å². The third-order valence-corrected chi connectivity index (χ3v) is 3.90. The van der Waals surface area contributed by atoms with E-state index >= 15 is 0 Å². The Hall–Kier alpha value is -0.0800. The number of ether oxygens (including phenoxy) is 1. The van der Waals surface area contributed by atoms with Crippen LogP contribution >= 0.6 is 0 Å². The number of rotatable bonds is 5. The Kier molecular flexibility index (Phi) is 5.62. The highest BCUT2D eigenvalue weighted by Gasteiger charge is 2.36. The van der Waals surface area contributed by atoms with Gasteiger partial charge in [-0.1, -0.05) is 26.7 Å². The van der Waals surface area contributed by atoms with Crippen molar-refractivity contribution in [1.82, 2.24) is 0 Å². The molecule has 1 N–H and O–H groups in total. The predicted molar refractivity (Wildman–Crippen MR) is 62.8 cm³/mol. The largest absolute Gasteiger partial charge is 0.396 e. The Morgan fingerprint density at radius 1 is 1.07 bits per heavy atom. The Morgan fingerprint density at radius 3 is 2.20 bits per heavy atom. The lowest BCUT2D eigenvalue weighted by Gasteiger charge is -2.40. The van der Waals surface area contributed by atoms with Gasteiger partial charge in [-0.25, -0.2) is 0 Å². The molecule has 0 aromatic carbocycles. The molecule has 0 bridgehead atoms. The molecular weight excluding hydrogens is 188 g/mol. The van der Waals surface area contributed by atoms with Crippen molar-refractivity contribution in [2.45, 2.75) is 52.6 Å². The number of aliphatic hydroxyl groups excluding tert-OH is 1. The highest BCUT2D eigenvalue weighted by molar-refractivity contribution is 4.86. The summed E-state index contributed by atoms with van der Waals surface area (Å²) in [7, 11) is 0. The molecule has 1 rings (SSSR count). The van der Waals surface area contributed by atoms with E-state index in [9.17, 15) is 5.11 Å². The van der Waals surface area contributed by atoms with Crippen molar-refractivity contribution in [3.63, 3.8) is 0 Å². The van der Waals surface area contributed by atoms with Crippen molar-refractivity contribution in [3.05, 3.63) is 0 Å². The second kappa shape index (κ2) is 6.49. The zero-order chi connectivity index (χ0) is 11.3. The maximum absolute atomic E-state index is 9.43. The minimum absolute atomic E-state index is 0.289. The topological polar surface area (TPSA) is 29.5 Å². The number of hydrogen-bond acceptors (Lipinski definition) is 2. The predicted octanol–water partition coefficient (Wildman–Crippen LogP) is 2.85. The van der Waals surface area contributed by atoms with Crippen molar-refractivity contribution < 1.29 is 9.84 Å². The van der Waals surface area contributed by atoms with Gasteiger partial charge >= 0.3 is 0 Å². The summed E-state index contributed by atoms with van der Waals surface area (Å²) in [5, 5.41) is 9.43. The summed E-state index contributed by atoms with van der Waals surface area (Å²) in [6.07, 6.45) is 5.15. The van der Waals surface area contributed by atoms with E-state index in [1.165, 1.54) is 19.3 Å². The second-order valence-electron chi connectivity index (χ2n) is 4.78. The molecule has 1 aliphatic carbocycles. The fourth-order valence-corrected chi connectivity index (χ4v) is 2.98. The third kappa shape index (κ3) is 3.18. The average Bonchev–Trinajstić information content (AvgIpc) is 2.29. The molecule has 4 atom stereocenters. The zero-order valence-electron chi connectivity index (χ0n) is 10.4. The first kappa shape index (κ1) is 13.0. The van der Waals surface area contributed by atoms with Gasteiger partial charge in [-0.05, 0) is 31.6 Å². The van der Waals surface area contributed by atoms with Crippen LogP contribution in [-0.2, 0) is 4.74 Å². The van der Waals surface area contributed by atoms with Crippen LogP contribution in [0.1, 0.15) is 46.5 Å². The molecule has 0 saturated heterocycles. The van der Waals surface area contributed by atoms with E-state index in [1.807, 2.05) is 6.92 Å². The first-order valence-corrected chi connectivity index (χ1v) is 6.49. The summed E-state index contributed by atoms with van der Waals surface area (Å²) in [5.41, 5.74) is 0. The smallest absolute Gasteiger partial charge is 0.0653 e. The zero-order valence-corrected chi connectivity index (χ0v) is 10.4. The molecule has 1 aliphatic rings. The van der Waals surface area contributed by atoms with Crippen molar-refractivity contribution in [1.29, 1.82) is 0 Å². The lowest BCUT2D eigenvalue weighted by molar-refractivity contribution is -0.0730. The van der Waals surface area contributed by atoms with E-state index in [1.54, 1.807) is 0 Å². The quantitative estimate of drug-likeness (QED) is 0.762. The van der Waals surface area contributed by atoms with Gasteiger partial charge in [0.15, 0.2) is 0 Å². The Labute approximate surface area is 94.0 Å². The van der Waals surface area contributed by atoms with Crippen LogP contribution in [0.5, 0.6) is 0 Å². The van der Waals surface area contributed by atoms with Crippen LogP contribution in [0.25, 0.3) is 0 Å². The summed E-state index contributed by atoms with van der Waals surface area (Å²) in [5.74, 6) is 1.82. The molecule has 4 unspecified atom stereocenters. The Morgan fingerprint density at radius 2 is 1.73 bits per heavy atom. The maximum Gasteiger partial charge on any atom is 0.0653 e. The van der Waals surface area contributed by atoms with E-state index in [0.717, 1.165) is 18.9 Å². The van der Waals surface area contributed by atoms with Gasteiger partial charge in [0.05, 0.1) is 6.10 Å². The molecule has 1 saturated carbocycles. The second-order valence-corrected chi connectivity index (χ2v) is 4.78. The first-order chi connectivity index (χ1) is 7.26. The first-order valence-electron chi connectivity index (χ1n) is 6.49. The molecule has 2 nitrogen and oxygen atoms in total. The monoisotopic (exact) mass is 214 g/mol. The molecule has 0 spiro atoms. The van der Waals surface area contributed by atoms with Gasteiger partial charge in [-0.2, -0.15) is 0 Å². The van der Waals surface area contributed by atoms with E-state index in [2.05, 4.69) is 13.8 Å². The fourth-order valence-electron chi connectivity index (χ4n) is 2.98. The summed E-state index contributed by atoms with van der Waals surface area (Å²) in [6, 6.07) is 0. The van der Waals surface area contributed by atoms with E-state index in [-0.39, 0.29) is 6.61 Å². The van der Waals surface area contributed by atoms with Gasteiger partial charge in [0.1, 0.15) is 0 Å². The van der Waals surface area contributed by atoms with E-state index < -0.39 is 0 Å². The number of hydrogen-bond donors (Lipinski definition) is 1. The van der Waals surface area contributed by atoms with Crippen LogP contribution in [0.4, 0.5) is 0 Å². The SMILES string of the molecule is CCOC1C(CC)CC(CC)CC1CO. The average molecular weight is 214 g/mol. The lowest BCUT2D eigenvalue weighted by atomic mass is 9.71. The maximum atomic E-state index is 9.43. The van der Waals surface area contributed by atoms with Gasteiger partial charge in [-0.3, -0.25) is 0 Å². The van der Waals surface area contributed by atoms with Crippen molar-refractivity contribution >= 4 is 0 Å². The van der Waals surface area contributed by atoms with Crippen LogP contribution < -0.4 is 0 Å². The molecule has 90 valence electrons. The Bertz CT molecular complexity index is 156. The molecule has 0 radical (unpaired) electrons. The van der Waals surface area contributed by atoms with Crippen LogP contribution in [-0.4, -0.2) is 24.4 Å². The number of aliphatic hydroxyl groups is 1. The molecule has 0 amide bonds. The van der Waals surface area contributed by atoms with Gasteiger partial charge in [0, 0.05) is 19.1 Å². The van der Waals surface area contributed by atoms with Crippen molar-refractivity contribution in [3.8, 4) is 0 Å². The molecule has 0 aromatic rings. The van der Waals surface area contributed by atoms with Gasteiger partial charge in [0.25, 0.3) is 0 Å². The van der Waals surface area contributed by atoms with Crippen molar-refractivity contribution in [2.75, 3.05) is 13.2 Å². The van der Waals surface area contributed by atoms with Crippen LogP contribution in [0.15, 0.2) is 0 Å². The summed E-state index contributed by atoms with van der Waals surface area (Å²) < 4.78 is 5.82. The summed E-state index contributed by atoms with van der Waals surface area (Å²) >= 11 is 0. The molecule has 0 aromatic heterocycles. The summed E-state index contributed by atoms with van der Waals surface area (Å²) in [4.78, 5) is 0. The molecule has 0 aliphatic heterocycles. The minimum Gasteiger partial charge on any atom is -0.396 e. The molecule has 2 heteroatoms. The minimum atomic E-state index is 0.289. The van der Waals surface area contributed by atoms with Gasteiger partial charge in [0.2, 0.25) is 0 Å². The Balaban J connectivity index is 2.64. The van der Waals surface area contributed by atoms with Crippen LogP contribution in [0.3, 0.4) is 0 Å². The van der Waals surface area contributed by atoms with E-state index in [4.69, 9.17) is 4.74 Å². The van der Waals surface area contributed by atoms with Crippen LogP contribution in [0, 0.1) is 17.8 Å². The normalized spacial score (nSPS) is 36.8. The summed E-state index contributed by atoms with van der Waals surface area (Å²) in [6.45, 7) is 7.61. The molecule has 0 heterocycles. The fraction of sp³-hybridized carbons (Fsp3) is 1.00. The highest BCUT2D eigenvalue weighted by Crippen LogP contribution is 2.38. The lowest BCUT2D eigenvalue weighted by Crippen LogP contribution is -2.40. The molecule has 1 fully saturated rings. The van der Waals surface area contributed by atoms with Crippen molar-refractivity contribution in [2.24, 2.45) is 17.8 Å². The van der Waals surface area contributed by atoms with Gasteiger partial charge in [-0.15, -0.1) is 0 Å². The third-order valence-electron chi connectivity index (χ3n) is 3.90. The molecule has 15 heavy (non-hydrogen) atoms. The highest BCUT2D eigenvalue weighted by atomic mass is 16.5. The molecular formula is C13H26O2. The standard InChI is InChI=1S/C13H26O2/c1-4-10-7-11(5-2)13(15-6-3)12(8-10)9-14/h10-14H,4-9H2,1-3H3. The van der Waals surface area contributed by atoms with E-state index in [0.29, 0.717) is 17.9 Å².